The normalized spacial score (nSPS) is 12.2. The zero-order chi connectivity index (χ0) is 27.3. The number of H-pyrrole nitrogens is 1. The molecule has 1 heterocycles. The number of aromatic hydroxyl groups is 1. The van der Waals surface area contributed by atoms with Crippen molar-refractivity contribution in [1.29, 1.82) is 0 Å². The van der Waals surface area contributed by atoms with Crippen LogP contribution in [0.3, 0.4) is 0 Å². The number of halogens is 3. The number of benzene rings is 2. The second kappa shape index (κ2) is 15.3. The first-order valence-electron chi connectivity index (χ1n) is 11.3. The van der Waals surface area contributed by atoms with E-state index in [1.807, 2.05) is 18.2 Å². The van der Waals surface area contributed by atoms with Gasteiger partial charge in [0.25, 0.3) is 0 Å². The Labute approximate surface area is 214 Å². The Morgan fingerprint density at radius 2 is 1.70 bits per heavy atom. The average molecular weight is 547 g/mol. The number of carbonyl (C=O) groups is 1. The van der Waals surface area contributed by atoms with Crippen molar-refractivity contribution in [3.63, 3.8) is 0 Å². The molecular formula is C24H29F3N2O7S. The molecule has 204 valence electrons. The number of hydrogen-bond acceptors (Lipinski definition) is 8. The summed E-state index contributed by atoms with van der Waals surface area (Å²) < 4.78 is 43.5. The van der Waals surface area contributed by atoms with Gasteiger partial charge in [0, 0.05) is 18.7 Å². The average Bonchev–Trinajstić information content (AvgIpc) is 3.25. The summed E-state index contributed by atoms with van der Waals surface area (Å²) in [4.78, 5) is 22.8. The highest BCUT2D eigenvalue weighted by atomic mass is 32.1. The number of aromatic nitrogens is 1. The van der Waals surface area contributed by atoms with Crippen LogP contribution in [0.5, 0.6) is 5.75 Å². The second-order valence-corrected chi connectivity index (χ2v) is 8.71. The molecule has 3 rings (SSSR count). The lowest BCUT2D eigenvalue weighted by Gasteiger charge is -2.13. The smallest absolute Gasteiger partial charge is 0.490 e. The Morgan fingerprint density at radius 3 is 2.35 bits per heavy atom. The minimum absolute atomic E-state index is 0.00783. The fourth-order valence-electron chi connectivity index (χ4n) is 3.11. The Morgan fingerprint density at radius 1 is 1.05 bits per heavy atom. The van der Waals surface area contributed by atoms with Gasteiger partial charge in [0.05, 0.1) is 30.6 Å². The number of carboxylic acids is 1. The van der Waals surface area contributed by atoms with Crippen molar-refractivity contribution in [1.82, 2.24) is 10.3 Å². The third-order valence-electron chi connectivity index (χ3n) is 4.92. The molecule has 0 unspecified atom stereocenters. The van der Waals surface area contributed by atoms with Crippen LogP contribution in [0.25, 0.3) is 10.2 Å². The van der Waals surface area contributed by atoms with Crippen LogP contribution in [0.4, 0.5) is 13.2 Å². The summed E-state index contributed by atoms with van der Waals surface area (Å²) in [5.74, 6) is -2.75. The Bertz CT molecular complexity index is 1150. The molecule has 5 N–H and O–H groups in total. The van der Waals surface area contributed by atoms with Gasteiger partial charge in [0.1, 0.15) is 11.3 Å². The van der Waals surface area contributed by atoms with Gasteiger partial charge < -0.3 is 35.1 Å². The minimum Gasteiger partial charge on any atom is -0.506 e. The van der Waals surface area contributed by atoms with E-state index >= 15 is 0 Å². The van der Waals surface area contributed by atoms with Crippen molar-refractivity contribution in [2.24, 2.45) is 0 Å². The molecule has 0 spiro atoms. The maximum Gasteiger partial charge on any atom is 0.490 e. The van der Waals surface area contributed by atoms with Gasteiger partial charge in [-0.2, -0.15) is 13.2 Å². The van der Waals surface area contributed by atoms with Gasteiger partial charge in [0.15, 0.2) is 0 Å². The van der Waals surface area contributed by atoms with Crippen LogP contribution in [0.1, 0.15) is 23.7 Å². The summed E-state index contributed by atoms with van der Waals surface area (Å²) in [6.45, 7) is 3.51. The number of aliphatic hydroxyl groups is 1. The molecule has 0 radical (unpaired) electrons. The molecule has 13 heteroatoms. The highest BCUT2D eigenvalue weighted by molar-refractivity contribution is 7.16. The molecule has 37 heavy (non-hydrogen) atoms. The lowest BCUT2D eigenvalue weighted by Crippen LogP contribution is -2.23. The first-order chi connectivity index (χ1) is 17.6. The summed E-state index contributed by atoms with van der Waals surface area (Å²) in [5, 5.41) is 30.6. The molecule has 0 aliphatic heterocycles. The second-order valence-electron chi connectivity index (χ2n) is 7.73. The predicted octanol–water partition coefficient (Wildman–Crippen LogP) is 3.22. The number of rotatable bonds is 13. The first kappa shape index (κ1) is 30.3. The fraction of sp³-hybridized carbons (Fsp3) is 0.417. The third kappa shape index (κ3) is 10.9. The SMILES string of the molecule is O=C(O)C(F)(F)F.O=c1[nH]c2c(O)ccc([C@@H](O)CNCCCOCCOCCc3ccccc3)c2s1. The molecule has 9 nitrogen and oxygen atoms in total. The van der Waals surface area contributed by atoms with Crippen molar-refractivity contribution in [3.05, 3.63) is 63.3 Å². The molecule has 1 atom stereocenters. The monoisotopic (exact) mass is 546 g/mol. The number of aliphatic carboxylic acids is 1. The minimum atomic E-state index is -5.08. The van der Waals surface area contributed by atoms with E-state index in [0.29, 0.717) is 55.3 Å². The van der Waals surface area contributed by atoms with E-state index in [9.17, 15) is 28.2 Å². The number of thiazole rings is 1. The van der Waals surface area contributed by atoms with Crippen LogP contribution in [0.15, 0.2) is 47.3 Å². The number of phenols is 1. The molecular weight excluding hydrogens is 517 g/mol. The predicted molar refractivity (Wildman–Crippen MR) is 132 cm³/mol. The highest BCUT2D eigenvalue weighted by Gasteiger charge is 2.38. The lowest BCUT2D eigenvalue weighted by molar-refractivity contribution is -0.192. The lowest BCUT2D eigenvalue weighted by atomic mass is 10.1. The van der Waals surface area contributed by atoms with E-state index < -0.39 is 18.2 Å². The van der Waals surface area contributed by atoms with Crippen molar-refractivity contribution >= 4 is 27.5 Å². The molecule has 0 bridgehead atoms. The summed E-state index contributed by atoms with van der Waals surface area (Å²) in [5.41, 5.74) is 2.27. The molecule has 0 aliphatic carbocycles. The van der Waals surface area contributed by atoms with Crippen LogP contribution >= 0.6 is 11.3 Å². The highest BCUT2D eigenvalue weighted by Crippen LogP contribution is 2.31. The summed E-state index contributed by atoms with van der Waals surface area (Å²) in [6.07, 6.45) is -4.13. The quantitative estimate of drug-likeness (QED) is 0.206. The van der Waals surface area contributed by atoms with Gasteiger partial charge in [-0.15, -0.1) is 0 Å². The number of carboxylic acid groups (broad SMARTS) is 1. The zero-order valence-corrected chi connectivity index (χ0v) is 20.6. The fourth-order valence-corrected chi connectivity index (χ4v) is 4.02. The van der Waals surface area contributed by atoms with E-state index in [2.05, 4.69) is 22.4 Å². The third-order valence-corrected chi connectivity index (χ3v) is 5.85. The van der Waals surface area contributed by atoms with Gasteiger partial charge in [-0.1, -0.05) is 47.7 Å². The number of phenolic OH excluding ortho intramolecular Hbond substituents is 1. The van der Waals surface area contributed by atoms with Crippen LogP contribution in [0.2, 0.25) is 0 Å². The molecule has 0 fully saturated rings. The molecule has 0 saturated heterocycles. The van der Waals surface area contributed by atoms with Crippen molar-refractivity contribution in [2.45, 2.75) is 25.1 Å². The Kier molecular flexibility index (Phi) is 12.5. The van der Waals surface area contributed by atoms with Crippen molar-refractivity contribution in [2.75, 3.05) is 39.5 Å². The largest absolute Gasteiger partial charge is 0.506 e. The maximum absolute atomic E-state index is 11.6. The molecule has 2 aromatic carbocycles. The molecule has 0 amide bonds. The summed E-state index contributed by atoms with van der Waals surface area (Å²) in [6, 6.07) is 13.4. The Hall–Kier alpha value is -2.97. The molecule has 0 aliphatic rings. The topological polar surface area (TPSA) is 141 Å². The van der Waals surface area contributed by atoms with E-state index in [0.717, 1.165) is 24.2 Å². The van der Waals surface area contributed by atoms with E-state index in [-0.39, 0.29) is 10.6 Å². The number of aromatic amines is 1. The molecule has 1 aromatic heterocycles. The summed E-state index contributed by atoms with van der Waals surface area (Å²) in [7, 11) is 0. The number of ether oxygens (including phenoxy) is 2. The number of fused-ring (bicyclic) bond motifs is 1. The zero-order valence-electron chi connectivity index (χ0n) is 19.8. The van der Waals surface area contributed by atoms with Gasteiger partial charge in [0.2, 0.25) is 0 Å². The van der Waals surface area contributed by atoms with Gasteiger partial charge in [-0.25, -0.2) is 4.79 Å². The van der Waals surface area contributed by atoms with Crippen LogP contribution in [0, 0.1) is 0 Å². The number of hydrogen-bond donors (Lipinski definition) is 5. The van der Waals surface area contributed by atoms with Crippen LogP contribution in [-0.4, -0.2) is 72.0 Å². The van der Waals surface area contributed by atoms with Crippen molar-refractivity contribution in [3.8, 4) is 5.75 Å². The van der Waals surface area contributed by atoms with E-state index in [1.54, 1.807) is 6.07 Å². The van der Waals surface area contributed by atoms with Gasteiger partial charge in [-0.05, 0) is 31.0 Å². The van der Waals surface area contributed by atoms with Crippen LogP contribution in [-0.2, 0) is 20.7 Å². The first-order valence-corrected chi connectivity index (χ1v) is 12.1. The maximum atomic E-state index is 11.6. The number of aliphatic hydroxyl groups excluding tert-OH is 1. The summed E-state index contributed by atoms with van der Waals surface area (Å²) >= 11 is 0.987. The van der Waals surface area contributed by atoms with Crippen LogP contribution < -0.4 is 10.2 Å². The molecule has 3 aromatic rings. The number of alkyl halides is 3. The van der Waals surface area contributed by atoms with Gasteiger partial charge in [-0.3, -0.25) is 4.79 Å². The van der Waals surface area contributed by atoms with Crippen molar-refractivity contribution < 1.29 is 42.8 Å². The number of nitrogens with one attached hydrogen (secondary N) is 2. The molecule has 0 saturated carbocycles. The Balaban J connectivity index is 0.000000604. The van der Waals surface area contributed by atoms with E-state index in [1.165, 1.54) is 11.6 Å². The standard InChI is InChI=1S/C22H28N2O5S.C2HF3O2/c25-18-8-7-17(21-20(18)24-22(27)30-21)19(26)15-23-10-4-11-28-13-14-29-12-9-16-5-2-1-3-6-16;3-2(4,5)1(6)7/h1-3,5-8,19,23,25-26H,4,9-15H2,(H,24,27);(H,6,7)/t19-;/m0./s1. The van der Waals surface area contributed by atoms with E-state index in [4.69, 9.17) is 19.4 Å². The van der Waals surface area contributed by atoms with Gasteiger partial charge >= 0.3 is 17.0 Å².